The highest BCUT2D eigenvalue weighted by molar-refractivity contribution is 6.00. The average molecular weight is 204 g/mol. The number of Topliss-reactive ketones (excluding diaryl/α,β-unsaturated/α-hetero) is 1. The molecule has 2 rings (SSSR count). The van der Waals surface area contributed by atoms with Crippen molar-refractivity contribution in [2.24, 2.45) is 11.8 Å². The highest BCUT2D eigenvalue weighted by Crippen LogP contribution is 2.29. The maximum atomic E-state index is 11.8. The Morgan fingerprint density at radius 3 is 2.40 bits per heavy atom. The van der Waals surface area contributed by atoms with Crippen LogP contribution in [0.4, 0.5) is 0 Å². The van der Waals surface area contributed by atoms with Crippen LogP contribution in [-0.2, 0) is 6.42 Å². The van der Waals surface area contributed by atoms with Gasteiger partial charge >= 0.3 is 0 Å². The van der Waals surface area contributed by atoms with Crippen LogP contribution in [0.15, 0.2) is 24.3 Å². The molecule has 2 atom stereocenters. The highest BCUT2D eigenvalue weighted by atomic mass is 16.1. The third-order valence-electron chi connectivity index (χ3n) is 3.09. The van der Waals surface area contributed by atoms with Gasteiger partial charge in [-0.3, -0.25) is 4.79 Å². The smallest absolute Gasteiger partial charge is 0.166 e. The Bertz CT molecular complexity index is 341. The molecule has 0 heterocycles. The van der Waals surface area contributed by atoms with Gasteiger partial charge in [0.15, 0.2) is 5.78 Å². The van der Waals surface area contributed by atoms with Crippen LogP contribution in [0.5, 0.6) is 0 Å². The maximum Gasteiger partial charge on any atom is 0.166 e. The van der Waals surface area contributed by atoms with Crippen LogP contribution in [0.1, 0.15) is 43.6 Å². The van der Waals surface area contributed by atoms with Gasteiger partial charge in [-0.15, -0.1) is 0 Å². The molecule has 0 unspecified atom stereocenters. The van der Waals surface area contributed by atoms with Crippen molar-refractivity contribution in [3.8, 4) is 0 Å². The lowest BCUT2D eigenvalue weighted by Crippen LogP contribution is -2.27. The molecule has 0 amide bonds. The SMILES string of the molecule is CC.C[C@H]1Cc2ccccc2C(=O)[C@@H]1C. The van der Waals surface area contributed by atoms with Gasteiger partial charge < -0.3 is 0 Å². The lowest BCUT2D eigenvalue weighted by molar-refractivity contribution is 0.0877. The summed E-state index contributed by atoms with van der Waals surface area (Å²) in [5.41, 5.74) is 2.16. The number of carbonyl (C=O) groups is 1. The Labute approximate surface area is 92.5 Å². The summed E-state index contributed by atoms with van der Waals surface area (Å²) in [6, 6.07) is 7.96. The second-order valence-electron chi connectivity index (χ2n) is 3.99. The standard InChI is InChI=1S/C12H14O.C2H6/c1-8-7-10-5-3-4-6-11(10)12(13)9(8)2;1-2/h3-6,8-9H,7H2,1-2H3;1-2H3/t8-,9+;/m0./s1. The van der Waals surface area contributed by atoms with Gasteiger partial charge in [-0.2, -0.15) is 0 Å². The lowest BCUT2D eigenvalue weighted by Gasteiger charge is -2.26. The summed E-state index contributed by atoms with van der Waals surface area (Å²) in [5.74, 6) is 0.992. The molecule has 1 nitrogen and oxygen atoms in total. The highest BCUT2D eigenvalue weighted by Gasteiger charge is 2.28. The minimum Gasteiger partial charge on any atom is -0.294 e. The van der Waals surface area contributed by atoms with E-state index < -0.39 is 0 Å². The van der Waals surface area contributed by atoms with E-state index in [1.54, 1.807) is 0 Å². The molecule has 0 bridgehead atoms. The average Bonchev–Trinajstić information content (AvgIpc) is 2.29. The van der Waals surface area contributed by atoms with Crippen LogP contribution in [0.2, 0.25) is 0 Å². The molecule has 0 aliphatic heterocycles. The number of rotatable bonds is 0. The fraction of sp³-hybridized carbons (Fsp3) is 0.500. The topological polar surface area (TPSA) is 17.1 Å². The maximum absolute atomic E-state index is 11.8. The van der Waals surface area contributed by atoms with Crippen LogP contribution in [0, 0.1) is 11.8 Å². The molecule has 0 saturated carbocycles. The van der Waals surface area contributed by atoms with E-state index in [9.17, 15) is 4.79 Å². The van der Waals surface area contributed by atoms with E-state index >= 15 is 0 Å². The molecule has 1 heteroatoms. The van der Waals surface area contributed by atoms with E-state index in [4.69, 9.17) is 0 Å². The van der Waals surface area contributed by atoms with Crippen LogP contribution in [-0.4, -0.2) is 5.78 Å². The molecule has 0 aromatic heterocycles. The van der Waals surface area contributed by atoms with E-state index in [2.05, 4.69) is 13.0 Å². The Hall–Kier alpha value is -1.11. The summed E-state index contributed by atoms with van der Waals surface area (Å²) in [5, 5.41) is 0. The Balaban J connectivity index is 0.000000531. The summed E-state index contributed by atoms with van der Waals surface area (Å²) < 4.78 is 0. The molecule has 0 saturated heterocycles. The minimum atomic E-state index is 0.190. The van der Waals surface area contributed by atoms with Crippen molar-refractivity contribution in [1.82, 2.24) is 0 Å². The number of hydrogen-bond donors (Lipinski definition) is 0. The number of hydrogen-bond acceptors (Lipinski definition) is 1. The van der Waals surface area contributed by atoms with Crippen LogP contribution in [0.25, 0.3) is 0 Å². The van der Waals surface area contributed by atoms with Crippen molar-refractivity contribution in [2.45, 2.75) is 34.1 Å². The molecule has 0 fully saturated rings. The van der Waals surface area contributed by atoms with E-state index in [0.717, 1.165) is 12.0 Å². The molecule has 1 aromatic rings. The Kier molecular flexibility index (Phi) is 4.07. The zero-order valence-electron chi connectivity index (χ0n) is 10.1. The van der Waals surface area contributed by atoms with Gasteiger partial charge in [0.05, 0.1) is 0 Å². The van der Waals surface area contributed by atoms with Gasteiger partial charge in [0.2, 0.25) is 0 Å². The molecule has 0 N–H and O–H groups in total. The molecule has 82 valence electrons. The first-order valence-electron chi connectivity index (χ1n) is 5.82. The summed E-state index contributed by atoms with van der Waals surface area (Å²) in [4.78, 5) is 11.8. The van der Waals surface area contributed by atoms with Crippen LogP contribution in [0.3, 0.4) is 0 Å². The molecule has 0 spiro atoms. The Morgan fingerprint density at radius 1 is 1.13 bits per heavy atom. The van der Waals surface area contributed by atoms with E-state index in [-0.39, 0.29) is 5.92 Å². The van der Waals surface area contributed by atoms with Gasteiger partial charge in [0.25, 0.3) is 0 Å². The quantitative estimate of drug-likeness (QED) is 0.629. The second kappa shape index (κ2) is 5.11. The molecule has 1 aliphatic rings. The van der Waals surface area contributed by atoms with Gasteiger partial charge in [0.1, 0.15) is 0 Å². The minimum absolute atomic E-state index is 0.190. The summed E-state index contributed by atoms with van der Waals surface area (Å²) in [7, 11) is 0. The fourth-order valence-corrected chi connectivity index (χ4v) is 1.97. The van der Waals surface area contributed by atoms with Gasteiger partial charge in [-0.25, -0.2) is 0 Å². The van der Waals surface area contributed by atoms with E-state index in [0.29, 0.717) is 11.7 Å². The van der Waals surface area contributed by atoms with E-state index in [1.807, 2.05) is 39.0 Å². The fourth-order valence-electron chi connectivity index (χ4n) is 1.97. The largest absolute Gasteiger partial charge is 0.294 e. The zero-order valence-corrected chi connectivity index (χ0v) is 10.1. The van der Waals surface area contributed by atoms with Crippen molar-refractivity contribution in [1.29, 1.82) is 0 Å². The molecule has 15 heavy (non-hydrogen) atoms. The van der Waals surface area contributed by atoms with Crippen molar-refractivity contribution in [3.05, 3.63) is 35.4 Å². The lowest BCUT2D eigenvalue weighted by atomic mass is 9.77. The third kappa shape index (κ3) is 2.28. The van der Waals surface area contributed by atoms with Crippen molar-refractivity contribution in [3.63, 3.8) is 0 Å². The third-order valence-corrected chi connectivity index (χ3v) is 3.09. The monoisotopic (exact) mass is 204 g/mol. The second-order valence-corrected chi connectivity index (χ2v) is 3.99. The van der Waals surface area contributed by atoms with Crippen molar-refractivity contribution in [2.75, 3.05) is 0 Å². The number of fused-ring (bicyclic) bond motifs is 1. The molecular formula is C14H20O. The van der Waals surface area contributed by atoms with Gasteiger partial charge in [-0.1, -0.05) is 52.0 Å². The summed E-state index contributed by atoms with van der Waals surface area (Å²) >= 11 is 0. The van der Waals surface area contributed by atoms with Gasteiger partial charge in [-0.05, 0) is 17.9 Å². The number of benzene rings is 1. The van der Waals surface area contributed by atoms with E-state index in [1.165, 1.54) is 5.56 Å². The first-order valence-corrected chi connectivity index (χ1v) is 5.82. The Morgan fingerprint density at radius 2 is 1.73 bits per heavy atom. The molecule has 0 radical (unpaired) electrons. The van der Waals surface area contributed by atoms with Crippen molar-refractivity contribution >= 4 is 5.78 Å². The normalized spacial score (nSPS) is 23.9. The van der Waals surface area contributed by atoms with Crippen LogP contribution >= 0.6 is 0 Å². The number of ketones is 1. The first kappa shape index (κ1) is 12.0. The predicted molar refractivity (Wildman–Crippen MR) is 64.2 cm³/mol. The zero-order chi connectivity index (χ0) is 11.4. The predicted octanol–water partition coefficient (Wildman–Crippen LogP) is 3.72. The molecule has 1 aromatic carbocycles. The van der Waals surface area contributed by atoms with Gasteiger partial charge in [0, 0.05) is 11.5 Å². The van der Waals surface area contributed by atoms with Crippen molar-refractivity contribution < 1.29 is 4.79 Å². The first-order chi connectivity index (χ1) is 7.20. The summed E-state index contributed by atoms with van der Waals surface area (Å²) in [6.07, 6.45) is 1.04. The molecular weight excluding hydrogens is 184 g/mol. The summed E-state index contributed by atoms with van der Waals surface area (Å²) in [6.45, 7) is 8.18. The molecule has 1 aliphatic carbocycles. The number of carbonyl (C=O) groups excluding carboxylic acids is 1. The van der Waals surface area contributed by atoms with Crippen LogP contribution < -0.4 is 0 Å².